The number of hydrogen-bond donors (Lipinski definition) is 0. The predicted octanol–water partition coefficient (Wildman–Crippen LogP) is 3.04. The van der Waals surface area contributed by atoms with Gasteiger partial charge in [-0.1, -0.05) is 18.2 Å². The van der Waals surface area contributed by atoms with Crippen molar-refractivity contribution in [3.05, 3.63) is 59.3 Å². The van der Waals surface area contributed by atoms with Crippen molar-refractivity contribution in [2.45, 2.75) is 4.90 Å². The second-order valence-corrected chi connectivity index (χ2v) is 6.60. The highest BCUT2D eigenvalue weighted by atomic mass is 79.9. The van der Waals surface area contributed by atoms with Crippen molar-refractivity contribution >= 4 is 37.0 Å². The van der Waals surface area contributed by atoms with Gasteiger partial charge in [-0.25, -0.2) is 17.4 Å². The lowest BCUT2D eigenvalue weighted by atomic mass is 10.4. The van der Waals surface area contributed by atoms with Gasteiger partial charge in [0.25, 0.3) is 10.0 Å². The van der Waals surface area contributed by atoms with E-state index in [1.54, 1.807) is 48.5 Å². The molecule has 0 unspecified atom stereocenters. The van der Waals surface area contributed by atoms with Crippen molar-refractivity contribution < 1.29 is 8.42 Å². The molecule has 3 aromatic rings. The fourth-order valence-corrected chi connectivity index (χ4v) is 3.57. The fraction of sp³-hybridized carbons (Fsp3) is 0. The van der Waals surface area contributed by atoms with Crippen LogP contribution in [0.25, 0.3) is 11.0 Å². The first-order chi connectivity index (χ1) is 9.09. The average molecular weight is 337 g/mol. The van der Waals surface area contributed by atoms with E-state index in [2.05, 4.69) is 20.9 Å². The Bertz CT molecular complexity index is 841. The molecule has 4 nitrogen and oxygen atoms in total. The Morgan fingerprint density at radius 2 is 1.74 bits per heavy atom. The molecule has 6 heteroatoms. The minimum Gasteiger partial charge on any atom is -0.240 e. The van der Waals surface area contributed by atoms with E-state index >= 15 is 0 Å². The number of pyridine rings is 1. The van der Waals surface area contributed by atoms with Gasteiger partial charge in [-0.2, -0.15) is 0 Å². The first-order valence-electron chi connectivity index (χ1n) is 5.53. The number of aromatic nitrogens is 2. The molecule has 0 amide bonds. The van der Waals surface area contributed by atoms with Crippen molar-refractivity contribution in [2.75, 3.05) is 0 Å². The highest BCUT2D eigenvalue weighted by molar-refractivity contribution is 9.10. The molecule has 0 aliphatic rings. The maximum absolute atomic E-state index is 12.5. The quantitative estimate of drug-likeness (QED) is 0.676. The van der Waals surface area contributed by atoms with Gasteiger partial charge >= 0.3 is 0 Å². The first kappa shape index (κ1) is 12.4. The number of halogens is 1. The molecule has 0 aliphatic carbocycles. The zero-order chi connectivity index (χ0) is 13.5. The van der Waals surface area contributed by atoms with Crippen LogP contribution in [0.1, 0.15) is 0 Å². The predicted molar refractivity (Wildman–Crippen MR) is 76.5 cm³/mol. The lowest BCUT2D eigenvalue weighted by Crippen LogP contribution is -2.11. The van der Waals surface area contributed by atoms with Crippen LogP contribution in [-0.2, 0) is 10.0 Å². The van der Waals surface area contributed by atoms with Crippen LogP contribution in [0.3, 0.4) is 0 Å². The third-order valence-electron chi connectivity index (χ3n) is 2.77. The summed E-state index contributed by atoms with van der Waals surface area (Å²) in [5, 5.41) is 0. The molecule has 0 saturated carbocycles. The molecule has 0 spiro atoms. The lowest BCUT2D eigenvalue weighted by Gasteiger charge is -2.07. The van der Waals surface area contributed by atoms with Gasteiger partial charge in [-0.3, -0.25) is 0 Å². The second-order valence-electron chi connectivity index (χ2n) is 3.97. The summed E-state index contributed by atoms with van der Waals surface area (Å²) >= 11 is 3.27. The van der Waals surface area contributed by atoms with Crippen molar-refractivity contribution in [3.8, 4) is 0 Å². The highest BCUT2D eigenvalue weighted by Crippen LogP contribution is 2.22. The third-order valence-corrected chi connectivity index (χ3v) is 4.92. The molecule has 3 rings (SSSR count). The summed E-state index contributed by atoms with van der Waals surface area (Å²) in [5.41, 5.74) is 1.20. The summed E-state index contributed by atoms with van der Waals surface area (Å²) in [5.74, 6) is 0. The molecule has 19 heavy (non-hydrogen) atoms. The van der Waals surface area contributed by atoms with Crippen LogP contribution in [0.4, 0.5) is 0 Å². The van der Waals surface area contributed by atoms with Gasteiger partial charge in [0.05, 0.1) is 15.9 Å². The zero-order valence-corrected chi connectivity index (χ0v) is 12.1. The molecule has 0 bridgehead atoms. The Kier molecular flexibility index (Phi) is 2.91. The van der Waals surface area contributed by atoms with Gasteiger partial charge in [0.2, 0.25) is 0 Å². The molecule has 0 saturated heterocycles. The van der Waals surface area contributed by atoms with Crippen molar-refractivity contribution in [2.24, 2.45) is 0 Å². The minimum atomic E-state index is -3.57. The molecular formula is C13H9BrN2O2S. The summed E-state index contributed by atoms with van der Waals surface area (Å²) in [7, 11) is -3.57. The van der Waals surface area contributed by atoms with Crippen molar-refractivity contribution in [1.82, 2.24) is 8.96 Å². The van der Waals surface area contributed by atoms with Crippen LogP contribution in [0.2, 0.25) is 0 Å². The van der Waals surface area contributed by atoms with Crippen LogP contribution in [0.15, 0.2) is 64.2 Å². The van der Waals surface area contributed by atoms with Crippen molar-refractivity contribution in [3.63, 3.8) is 0 Å². The largest absolute Gasteiger partial charge is 0.268 e. The molecule has 2 heterocycles. The summed E-state index contributed by atoms with van der Waals surface area (Å²) in [6.07, 6.45) is 1.52. The van der Waals surface area contributed by atoms with Gasteiger partial charge < -0.3 is 0 Å². The Morgan fingerprint density at radius 3 is 2.47 bits per heavy atom. The number of hydrogen-bond acceptors (Lipinski definition) is 3. The summed E-state index contributed by atoms with van der Waals surface area (Å²) in [4.78, 5) is 4.49. The van der Waals surface area contributed by atoms with Gasteiger partial charge in [0.15, 0.2) is 0 Å². The molecule has 96 valence electrons. The van der Waals surface area contributed by atoms with E-state index in [4.69, 9.17) is 0 Å². The Hall–Kier alpha value is -1.66. The third kappa shape index (κ3) is 2.06. The number of fused-ring (bicyclic) bond motifs is 1. The van der Waals surface area contributed by atoms with Crippen LogP contribution in [0, 0.1) is 0 Å². The molecule has 0 atom stereocenters. The van der Waals surface area contributed by atoms with Crippen LogP contribution in [0.5, 0.6) is 0 Å². The van der Waals surface area contributed by atoms with E-state index in [9.17, 15) is 8.42 Å². The smallest absolute Gasteiger partial charge is 0.240 e. The molecule has 2 aromatic heterocycles. The maximum Gasteiger partial charge on any atom is 0.268 e. The van der Waals surface area contributed by atoms with Gasteiger partial charge in [-0.15, -0.1) is 0 Å². The second kappa shape index (κ2) is 4.47. The van der Waals surface area contributed by atoms with Crippen LogP contribution in [-0.4, -0.2) is 17.4 Å². The van der Waals surface area contributed by atoms with Gasteiger partial charge in [0.1, 0.15) is 4.60 Å². The maximum atomic E-state index is 12.5. The molecular weight excluding hydrogens is 328 g/mol. The standard InChI is InChI=1S/C13H9BrN2O2S/c14-13-7-6-12-11(15-13)8-9-16(12)19(17,18)10-4-2-1-3-5-10/h1-9H. The molecule has 0 radical (unpaired) electrons. The topological polar surface area (TPSA) is 52.0 Å². The number of rotatable bonds is 2. The van der Waals surface area contributed by atoms with Crippen molar-refractivity contribution in [1.29, 1.82) is 0 Å². The SMILES string of the molecule is O=S(=O)(c1ccccc1)n1ccc2nc(Br)ccc21. The van der Waals surface area contributed by atoms with E-state index in [1.165, 1.54) is 10.2 Å². The normalized spacial score (nSPS) is 11.8. The summed E-state index contributed by atoms with van der Waals surface area (Å²) in [6, 6.07) is 13.5. The monoisotopic (exact) mass is 336 g/mol. The summed E-state index contributed by atoms with van der Waals surface area (Å²) < 4.78 is 27.0. The lowest BCUT2D eigenvalue weighted by molar-refractivity contribution is 0.589. The highest BCUT2D eigenvalue weighted by Gasteiger charge is 2.18. The van der Waals surface area contributed by atoms with E-state index in [-0.39, 0.29) is 4.90 Å². The Labute approximate surface area is 118 Å². The molecule has 0 fully saturated rings. The number of nitrogens with zero attached hydrogens (tertiary/aromatic N) is 2. The minimum absolute atomic E-state index is 0.260. The van der Waals surface area contributed by atoms with Gasteiger partial charge in [0, 0.05) is 6.20 Å². The van der Waals surface area contributed by atoms with Crippen LogP contribution >= 0.6 is 15.9 Å². The average Bonchev–Trinajstić information content (AvgIpc) is 2.83. The van der Waals surface area contributed by atoms with Crippen LogP contribution < -0.4 is 0 Å². The molecule has 0 N–H and O–H groups in total. The molecule has 1 aromatic carbocycles. The first-order valence-corrected chi connectivity index (χ1v) is 7.76. The molecule has 0 aliphatic heterocycles. The van der Waals surface area contributed by atoms with E-state index < -0.39 is 10.0 Å². The number of benzene rings is 1. The van der Waals surface area contributed by atoms with E-state index in [0.717, 1.165) is 0 Å². The fourth-order valence-electron chi connectivity index (χ4n) is 1.89. The van der Waals surface area contributed by atoms with Gasteiger partial charge in [-0.05, 0) is 46.3 Å². The Morgan fingerprint density at radius 1 is 1.00 bits per heavy atom. The zero-order valence-electron chi connectivity index (χ0n) is 9.69. The summed E-state index contributed by atoms with van der Waals surface area (Å²) in [6.45, 7) is 0. The Balaban J connectivity index is 2.25. The van der Waals surface area contributed by atoms with E-state index in [0.29, 0.717) is 15.6 Å². The van der Waals surface area contributed by atoms with E-state index in [1.807, 2.05) is 0 Å².